The number of ether oxygens (including phenoxy) is 1. The van der Waals surface area contributed by atoms with Gasteiger partial charge < -0.3 is 14.5 Å². The average Bonchev–Trinajstić information content (AvgIpc) is 3.19. The van der Waals surface area contributed by atoms with Crippen LogP contribution < -0.4 is 10.1 Å². The third-order valence-corrected chi connectivity index (χ3v) is 7.22. The van der Waals surface area contributed by atoms with Crippen LogP contribution in [0, 0.1) is 0 Å². The molecule has 4 rings (SSSR count). The third-order valence-electron chi connectivity index (χ3n) is 4.94. The minimum atomic E-state index is -3.64. The number of furan rings is 1. The summed E-state index contributed by atoms with van der Waals surface area (Å²) in [6.07, 6.45) is 0.601. The van der Waals surface area contributed by atoms with Crippen LogP contribution >= 0.6 is 15.9 Å². The molecule has 3 aromatic rings. The van der Waals surface area contributed by atoms with E-state index in [0.717, 1.165) is 11.1 Å². The Morgan fingerprint density at radius 3 is 2.53 bits per heavy atom. The number of methoxy groups -OCH3 is 1. The van der Waals surface area contributed by atoms with E-state index in [-0.39, 0.29) is 23.1 Å². The van der Waals surface area contributed by atoms with Gasteiger partial charge in [0.05, 0.1) is 12.0 Å². The number of carbonyl (C=O) groups excluding carboxylic acids is 1. The van der Waals surface area contributed by atoms with Crippen molar-refractivity contribution in [1.82, 2.24) is 4.31 Å². The molecule has 0 saturated carbocycles. The van der Waals surface area contributed by atoms with Gasteiger partial charge in [-0.05, 0) is 82.0 Å². The monoisotopic (exact) mass is 490 g/mol. The lowest BCUT2D eigenvalue weighted by molar-refractivity contribution is 0.0995. The van der Waals surface area contributed by atoms with Crippen molar-refractivity contribution in [3.8, 4) is 5.75 Å². The Kier molecular flexibility index (Phi) is 5.68. The van der Waals surface area contributed by atoms with Crippen molar-refractivity contribution in [2.24, 2.45) is 0 Å². The van der Waals surface area contributed by atoms with Crippen LogP contribution in [0.5, 0.6) is 5.75 Å². The van der Waals surface area contributed by atoms with E-state index >= 15 is 0 Å². The number of sulfonamides is 1. The second-order valence-corrected chi connectivity index (χ2v) is 9.53. The van der Waals surface area contributed by atoms with Gasteiger partial charge in [0.25, 0.3) is 5.91 Å². The molecule has 2 aromatic carbocycles. The number of rotatable bonds is 5. The van der Waals surface area contributed by atoms with E-state index in [0.29, 0.717) is 29.1 Å². The normalized spacial score (nSPS) is 14.2. The predicted molar refractivity (Wildman–Crippen MR) is 115 cm³/mol. The van der Waals surface area contributed by atoms with Crippen molar-refractivity contribution in [2.45, 2.75) is 17.9 Å². The van der Waals surface area contributed by atoms with Crippen LogP contribution in [0.3, 0.4) is 0 Å². The highest BCUT2D eigenvalue weighted by Gasteiger charge is 2.28. The number of hydrogen-bond donors (Lipinski definition) is 1. The molecule has 1 amide bonds. The molecule has 1 N–H and O–H groups in total. The summed E-state index contributed by atoms with van der Waals surface area (Å²) in [6.45, 7) is 0.632. The molecule has 0 fully saturated rings. The molecule has 2 heterocycles. The van der Waals surface area contributed by atoms with E-state index in [2.05, 4.69) is 21.2 Å². The first-order valence-electron chi connectivity index (χ1n) is 9.19. The number of halogens is 1. The zero-order valence-corrected chi connectivity index (χ0v) is 18.5. The molecule has 1 aliphatic rings. The molecular weight excluding hydrogens is 472 g/mol. The van der Waals surface area contributed by atoms with Gasteiger partial charge in [0.1, 0.15) is 5.75 Å². The van der Waals surface area contributed by atoms with Gasteiger partial charge in [-0.2, -0.15) is 4.31 Å². The fourth-order valence-corrected chi connectivity index (χ4v) is 5.07. The molecule has 0 atom stereocenters. The second kappa shape index (κ2) is 8.25. The Balaban J connectivity index is 1.53. The Morgan fingerprint density at radius 2 is 1.87 bits per heavy atom. The van der Waals surface area contributed by atoms with Gasteiger partial charge in [0.2, 0.25) is 10.0 Å². The molecule has 0 saturated heterocycles. The maximum atomic E-state index is 13.0. The highest BCUT2D eigenvalue weighted by Crippen LogP contribution is 2.28. The quantitative estimate of drug-likeness (QED) is 0.582. The lowest BCUT2D eigenvalue weighted by atomic mass is 10.0. The van der Waals surface area contributed by atoms with Crippen LogP contribution in [0.15, 0.2) is 68.6 Å². The SMILES string of the molecule is COc1ccc(S(=O)(=O)N2CCc3ccc(NC(=O)c4ccc(Br)o4)cc3C2)cc1. The summed E-state index contributed by atoms with van der Waals surface area (Å²) in [5.41, 5.74) is 2.50. The van der Waals surface area contributed by atoms with E-state index in [1.807, 2.05) is 12.1 Å². The number of benzene rings is 2. The molecule has 30 heavy (non-hydrogen) atoms. The van der Waals surface area contributed by atoms with Crippen molar-refractivity contribution in [1.29, 1.82) is 0 Å². The molecule has 0 bridgehead atoms. The van der Waals surface area contributed by atoms with Gasteiger partial charge in [-0.1, -0.05) is 6.07 Å². The van der Waals surface area contributed by atoms with Crippen molar-refractivity contribution in [3.05, 3.63) is 76.2 Å². The lowest BCUT2D eigenvalue weighted by Gasteiger charge is -2.28. The van der Waals surface area contributed by atoms with E-state index in [4.69, 9.17) is 9.15 Å². The topological polar surface area (TPSA) is 88.9 Å². The number of hydrogen-bond acceptors (Lipinski definition) is 5. The lowest BCUT2D eigenvalue weighted by Crippen LogP contribution is -2.36. The largest absolute Gasteiger partial charge is 0.497 e. The number of amides is 1. The predicted octanol–water partition coefficient (Wildman–Crippen LogP) is 4.05. The number of anilines is 1. The molecular formula is C21H19BrN2O5S. The van der Waals surface area contributed by atoms with Gasteiger partial charge in [-0.3, -0.25) is 4.79 Å². The summed E-state index contributed by atoms with van der Waals surface area (Å²) in [5.74, 6) is 0.407. The molecule has 1 aromatic heterocycles. The molecule has 0 unspecified atom stereocenters. The zero-order valence-electron chi connectivity index (χ0n) is 16.1. The molecule has 0 aliphatic carbocycles. The first-order chi connectivity index (χ1) is 14.4. The van der Waals surface area contributed by atoms with Crippen molar-refractivity contribution in [3.63, 3.8) is 0 Å². The fraction of sp³-hybridized carbons (Fsp3) is 0.190. The summed E-state index contributed by atoms with van der Waals surface area (Å²) >= 11 is 3.17. The minimum Gasteiger partial charge on any atom is -0.497 e. The summed E-state index contributed by atoms with van der Waals surface area (Å²) in [4.78, 5) is 12.5. The minimum absolute atomic E-state index is 0.184. The molecule has 156 valence electrons. The van der Waals surface area contributed by atoms with Crippen molar-refractivity contribution >= 4 is 37.5 Å². The van der Waals surface area contributed by atoms with Gasteiger partial charge >= 0.3 is 0 Å². The van der Waals surface area contributed by atoms with E-state index in [9.17, 15) is 13.2 Å². The number of carbonyl (C=O) groups is 1. The Bertz CT molecular complexity index is 1190. The maximum absolute atomic E-state index is 13.0. The summed E-state index contributed by atoms with van der Waals surface area (Å²) in [5, 5.41) is 2.78. The zero-order chi connectivity index (χ0) is 21.3. The average molecular weight is 491 g/mol. The van der Waals surface area contributed by atoms with E-state index in [1.165, 1.54) is 11.4 Å². The third kappa shape index (κ3) is 4.14. The molecule has 0 radical (unpaired) electrons. The fourth-order valence-electron chi connectivity index (χ4n) is 3.34. The first-order valence-corrected chi connectivity index (χ1v) is 11.4. The maximum Gasteiger partial charge on any atom is 0.291 e. The highest BCUT2D eigenvalue weighted by atomic mass is 79.9. The van der Waals surface area contributed by atoms with Crippen LogP contribution in [0.25, 0.3) is 0 Å². The Hall–Kier alpha value is -2.62. The van der Waals surface area contributed by atoms with Gasteiger partial charge in [0, 0.05) is 18.8 Å². The standard InChI is InChI=1S/C21H19BrN2O5S/c1-28-17-4-6-18(7-5-17)30(26,27)24-11-10-14-2-3-16(12-15(14)13-24)23-21(25)19-8-9-20(22)29-19/h2-9,12H,10-11,13H2,1H3,(H,23,25). The number of nitrogens with zero attached hydrogens (tertiary/aromatic N) is 1. The number of fused-ring (bicyclic) bond motifs is 1. The molecule has 0 spiro atoms. The van der Waals surface area contributed by atoms with E-state index < -0.39 is 10.0 Å². The molecule has 7 nitrogen and oxygen atoms in total. The summed E-state index contributed by atoms with van der Waals surface area (Å²) in [7, 11) is -2.10. The molecule has 1 aliphatic heterocycles. The van der Waals surface area contributed by atoms with E-state index in [1.54, 1.807) is 42.5 Å². The van der Waals surface area contributed by atoms with Crippen LogP contribution in [0.4, 0.5) is 5.69 Å². The van der Waals surface area contributed by atoms with Crippen LogP contribution in [-0.2, 0) is 23.0 Å². The van der Waals surface area contributed by atoms with Crippen molar-refractivity contribution in [2.75, 3.05) is 19.0 Å². The van der Waals surface area contributed by atoms with Crippen LogP contribution in [0.1, 0.15) is 21.7 Å². The Labute approximate surface area is 182 Å². The highest BCUT2D eigenvalue weighted by molar-refractivity contribution is 9.10. The first kappa shape index (κ1) is 20.6. The van der Waals surface area contributed by atoms with Gasteiger partial charge in [0.15, 0.2) is 10.4 Å². The second-order valence-electron chi connectivity index (χ2n) is 6.81. The van der Waals surface area contributed by atoms with Gasteiger partial charge in [-0.15, -0.1) is 0 Å². The smallest absolute Gasteiger partial charge is 0.291 e. The van der Waals surface area contributed by atoms with Crippen LogP contribution in [-0.4, -0.2) is 32.3 Å². The number of nitrogens with one attached hydrogen (secondary N) is 1. The molecule has 9 heteroatoms. The summed E-state index contributed by atoms with van der Waals surface area (Å²) < 4.78 is 38.4. The van der Waals surface area contributed by atoms with Crippen LogP contribution in [0.2, 0.25) is 0 Å². The Morgan fingerprint density at radius 1 is 1.10 bits per heavy atom. The van der Waals surface area contributed by atoms with Crippen molar-refractivity contribution < 1.29 is 22.4 Å². The van der Waals surface area contributed by atoms with Gasteiger partial charge in [-0.25, -0.2) is 8.42 Å². The summed E-state index contributed by atoms with van der Waals surface area (Å²) in [6, 6.07) is 15.1.